The molecular formula is C18H20N2O5S. The molecule has 2 atom stereocenters. The molecule has 1 heterocycles. The van der Waals surface area contributed by atoms with Crippen molar-refractivity contribution in [2.24, 2.45) is 11.7 Å². The molecule has 1 aromatic heterocycles. The highest BCUT2D eigenvalue weighted by Gasteiger charge is 2.33. The van der Waals surface area contributed by atoms with Gasteiger partial charge in [0.1, 0.15) is 11.5 Å². The molecule has 0 radical (unpaired) electrons. The minimum atomic E-state index is -3.55. The molecule has 3 rings (SSSR count). The molecule has 7 nitrogen and oxygen atoms in total. The van der Waals surface area contributed by atoms with Crippen molar-refractivity contribution in [2.45, 2.75) is 36.0 Å². The van der Waals surface area contributed by atoms with Gasteiger partial charge in [0, 0.05) is 6.04 Å². The first-order chi connectivity index (χ1) is 12.4. The van der Waals surface area contributed by atoms with Gasteiger partial charge in [0.2, 0.25) is 5.91 Å². The Kier molecular flexibility index (Phi) is 5.13. The second kappa shape index (κ2) is 7.33. The number of amides is 2. The predicted molar refractivity (Wildman–Crippen MR) is 93.8 cm³/mol. The first kappa shape index (κ1) is 18.2. The number of carbonyl (C=O) groups is 2. The van der Waals surface area contributed by atoms with Gasteiger partial charge < -0.3 is 15.5 Å². The number of benzene rings is 1. The Labute approximate surface area is 151 Å². The zero-order valence-corrected chi connectivity index (χ0v) is 14.9. The quantitative estimate of drug-likeness (QED) is 0.794. The summed E-state index contributed by atoms with van der Waals surface area (Å²) >= 11 is 0. The van der Waals surface area contributed by atoms with E-state index in [1.165, 1.54) is 24.3 Å². The number of nitrogens with one attached hydrogen (secondary N) is 1. The van der Waals surface area contributed by atoms with Crippen molar-refractivity contribution in [3.8, 4) is 0 Å². The number of nitrogens with two attached hydrogens (primary N) is 1. The van der Waals surface area contributed by atoms with Crippen LogP contribution in [0.3, 0.4) is 0 Å². The molecule has 1 aliphatic carbocycles. The summed E-state index contributed by atoms with van der Waals surface area (Å²) in [4.78, 5) is 23.9. The third-order valence-corrected chi connectivity index (χ3v) is 6.17. The van der Waals surface area contributed by atoms with Crippen molar-refractivity contribution in [2.75, 3.05) is 0 Å². The van der Waals surface area contributed by atoms with Crippen molar-refractivity contribution >= 4 is 21.7 Å². The minimum Gasteiger partial charge on any atom is -0.455 e. The fraction of sp³-hybridized carbons (Fsp3) is 0.333. The third-order valence-electron chi connectivity index (χ3n) is 4.52. The molecule has 1 aliphatic rings. The van der Waals surface area contributed by atoms with Crippen LogP contribution < -0.4 is 11.1 Å². The Morgan fingerprint density at radius 3 is 2.54 bits per heavy atom. The number of sulfone groups is 1. The largest absolute Gasteiger partial charge is 0.455 e. The van der Waals surface area contributed by atoms with E-state index in [0.717, 1.165) is 6.42 Å². The lowest BCUT2D eigenvalue weighted by atomic mass is 10.0. The van der Waals surface area contributed by atoms with Crippen LogP contribution in [-0.2, 0) is 20.4 Å². The first-order valence-electron chi connectivity index (χ1n) is 8.33. The lowest BCUT2D eigenvalue weighted by molar-refractivity contribution is -0.122. The zero-order valence-electron chi connectivity index (χ0n) is 14.1. The van der Waals surface area contributed by atoms with Crippen LogP contribution in [0.4, 0.5) is 0 Å². The second-order valence-corrected chi connectivity index (χ2v) is 8.35. The summed E-state index contributed by atoms with van der Waals surface area (Å²) in [5.41, 5.74) is 5.35. The van der Waals surface area contributed by atoms with Gasteiger partial charge in [-0.25, -0.2) is 8.42 Å². The summed E-state index contributed by atoms with van der Waals surface area (Å²) in [5.74, 6) is -1.44. The van der Waals surface area contributed by atoms with E-state index in [1.54, 1.807) is 18.2 Å². The first-order valence-corrected chi connectivity index (χ1v) is 9.99. The molecule has 138 valence electrons. The second-order valence-electron chi connectivity index (χ2n) is 6.36. The molecule has 0 bridgehead atoms. The number of furan rings is 1. The van der Waals surface area contributed by atoms with Crippen LogP contribution in [0, 0.1) is 5.92 Å². The average Bonchev–Trinajstić information content (AvgIpc) is 3.24. The number of hydrogen-bond donors (Lipinski definition) is 2. The molecule has 0 spiro atoms. The van der Waals surface area contributed by atoms with Gasteiger partial charge in [-0.3, -0.25) is 9.59 Å². The van der Waals surface area contributed by atoms with Crippen molar-refractivity contribution in [1.82, 2.24) is 5.32 Å². The molecule has 1 fully saturated rings. The van der Waals surface area contributed by atoms with E-state index in [9.17, 15) is 18.0 Å². The monoisotopic (exact) mass is 376 g/mol. The van der Waals surface area contributed by atoms with Gasteiger partial charge >= 0.3 is 0 Å². The van der Waals surface area contributed by atoms with Crippen LogP contribution in [0.5, 0.6) is 0 Å². The SMILES string of the molecule is NC(=O)[C@H]1CCC[C@@H]1NC(=O)c1ccc(CS(=O)(=O)c2ccccc2)o1. The summed E-state index contributed by atoms with van der Waals surface area (Å²) in [7, 11) is -3.55. The smallest absolute Gasteiger partial charge is 0.287 e. The summed E-state index contributed by atoms with van der Waals surface area (Å²) in [6.07, 6.45) is 2.14. The maximum atomic E-state index is 12.4. The van der Waals surface area contributed by atoms with Gasteiger partial charge in [0.25, 0.3) is 5.91 Å². The lowest BCUT2D eigenvalue weighted by Gasteiger charge is -2.17. The number of primary amides is 1. The third kappa shape index (κ3) is 3.96. The summed E-state index contributed by atoms with van der Waals surface area (Å²) in [5, 5.41) is 2.75. The van der Waals surface area contributed by atoms with E-state index < -0.39 is 21.7 Å². The molecule has 3 N–H and O–H groups in total. The van der Waals surface area contributed by atoms with E-state index in [2.05, 4.69) is 5.32 Å². The maximum Gasteiger partial charge on any atom is 0.287 e. The van der Waals surface area contributed by atoms with Crippen molar-refractivity contribution in [1.29, 1.82) is 0 Å². The molecule has 2 amide bonds. The molecule has 0 aliphatic heterocycles. The van der Waals surface area contributed by atoms with Crippen LogP contribution >= 0.6 is 0 Å². The van der Waals surface area contributed by atoms with Gasteiger partial charge in [-0.15, -0.1) is 0 Å². The van der Waals surface area contributed by atoms with Gasteiger partial charge in [-0.1, -0.05) is 24.6 Å². The number of carbonyl (C=O) groups excluding carboxylic acids is 2. The summed E-state index contributed by atoms with van der Waals surface area (Å²) < 4.78 is 30.1. The van der Waals surface area contributed by atoms with Gasteiger partial charge in [0.05, 0.1) is 10.8 Å². The molecule has 1 saturated carbocycles. The standard InChI is InChI=1S/C18H20N2O5S/c19-17(21)14-7-4-8-15(14)20-18(22)16-10-9-12(25-16)11-26(23,24)13-5-2-1-3-6-13/h1-3,5-6,9-10,14-15H,4,7-8,11H2,(H2,19,21)(H,20,22)/t14-,15-/m0/s1. The van der Waals surface area contributed by atoms with Crippen LogP contribution in [0.25, 0.3) is 0 Å². The van der Waals surface area contributed by atoms with Crippen molar-refractivity contribution in [3.63, 3.8) is 0 Å². The van der Waals surface area contributed by atoms with Crippen LogP contribution in [0.15, 0.2) is 51.8 Å². The number of hydrogen-bond acceptors (Lipinski definition) is 5. The van der Waals surface area contributed by atoms with Crippen molar-refractivity contribution in [3.05, 3.63) is 54.0 Å². The molecule has 1 aromatic carbocycles. The Morgan fingerprint density at radius 2 is 1.85 bits per heavy atom. The Bertz CT molecular complexity index is 905. The van der Waals surface area contributed by atoms with Crippen LogP contribution in [0.1, 0.15) is 35.6 Å². The van der Waals surface area contributed by atoms with E-state index in [1.807, 2.05) is 0 Å². The molecule has 26 heavy (non-hydrogen) atoms. The van der Waals surface area contributed by atoms with Gasteiger partial charge in [0.15, 0.2) is 15.6 Å². The Morgan fingerprint density at radius 1 is 1.12 bits per heavy atom. The normalized spacial score (nSPS) is 20.0. The molecular weight excluding hydrogens is 356 g/mol. The van der Waals surface area contributed by atoms with Crippen LogP contribution in [0.2, 0.25) is 0 Å². The fourth-order valence-corrected chi connectivity index (χ4v) is 4.46. The lowest BCUT2D eigenvalue weighted by Crippen LogP contribution is -2.42. The highest BCUT2D eigenvalue weighted by Crippen LogP contribution is 2.26. The maximum absolute atomic E-state index is 12.4. The van der Waals surface area contributed by atoms with E-state index in [0.29, 0.717) is 12.8 Å². The zero-order chi connectivity index (χ0) is 18.7. The summed E-state index contributed by atoms with van der Waals surface area (Å²) in [6.45, 7) is 0. The average molecular weight is 376 g/mol. The van der Waals surface area contributed by atoms with Gasteiger partial charge in [-0.05, 0) is 37.1 Å². The predicted octanol–water partition coefficient (Wildman–Crippen LogP) is 1.64. The molecule has 8 heteroatoms. The highest BCUT2D eigenvalue weighted by atomic mass is 32.2. The Balaban J connectivity index is 1.68. The highest BCUT2D eigenvalue weighted by molar-refractivity contribution is 7.90. The van der Waals surface area contributed by atoms with E-state index in [-0.39, 0.29) is 34.1 Å². The Hall–Kier alpha value is -2.61. The fourth-order valence-electron chi connectivity index (χ4n) is 3.19. The van der Waals surface area contributed by atoms with E-state index >= 15 is 0 Å². The molecule has 0 unspecified atom stereocenters. The topological polar surface area (TPSA) is 119 Å². The molecule has 2 aromatic rings. The van der Waals surface area contributed by atoms with Gasteiger partial charge in [-0.2, -0.15) is 0 Å². The minimum absolute atomic E-state index is 0.0124. The number of rotatable bonds is 6. The summed E-state index contributed by atoms with van der Waals surface area (Å²) in [6, 6.07) is 10.6. The van der Waals surface area contributed by atoms with Crippen LogP contribution in [-0.4, -0.2) is 26.3 Å². The van der Waals surface area contributed by atoms with E-state index in [4.69, 9.17) is 10.2 Å². The van der Waals surface area contributed by atoms with Crippen molar-refractivity contribution < 1.29 is 22.4 Å². The molecule has 0 saturated heterocycles.